The summed E-state index contributed by atoms with van der Waals surface area (Å²) in [6, 6.07) is 10.4. The highest BCUT2D eigenvalue weighted by Gasteiger charge is 2.20. The average molecular weight is 422 g/mol. The standard InChI is InChI=1S/C24H35N7/c1-2-25-24(31-17-15-30(16-18-31)22-9-5-6-12-26-22)28-20-21-10-11-23(27-19-21)29-13-7-3-4-8-14-29/h5-6,9-12,19H,2-4,7-8,13-18,20H2,1H3,(H,25,28). The Morgan fingerprint density at radius 1 is 0.871 bits per heavy atom. The molecule has 0 spiro atoms. The van der Waals surface area contributed by atoms with E-state index >= 15 is 0 Å². The normalized spacial score (nSPS) is 18.1. The third kappa shape index (κ3) is 5.87. The van der Waals surface area contributed by atoms with Gasteiger partial charge < -0.3 is 20.0 Å². The molecule has 2 saturated heterocycles. The fourth-order valence-corrected chi connectivity index (χ4v) is 4.28. The lowest BCUT2D eigenvalue weighted by atomic mass is 10.2. The third-order valence-corrected chi connectivity index (χ3v) is 6.04. The molecular weight excluding hydrogens is 386 g/mol. The number of anilines is 2. The quantitative estimate of drug-likeness (QED) is 0.591. The average Bonchev–Trinajstić information content (AvgIpc) is 3.13. The highest BCUT2D eigenvalue weighted by Crippen LogP contribution is 2.18. The van der Waals surface area contributed by atoms with Gasteiger partial charge in [-0.25, -0.2) is 15.0 Å². The van der Waals surface area contributed by atoms with Gasteiger partial charge in [-0.15, -0.1) is 0 Å². The number of aromatic nitrogens is 2. The van der Waals surface area contributed by atoms with Crippen LogP contribution >= 0.6 is 0 Å². The second-order valence-electron chi connectivity index (χ2n) is 8.26. The van der Waals surface area contributed by atoms with Gasteiger partial charge in [0, 0.05) is 58.2 Å². The van der Waals surface area contributed by atoms with Gasteiger partial charge in [0.1, 0.15) is 11.6 Å². The summed E-state index contributed by atoms with van der Waals surface area (Å²) in [6.07, 6.45) is 9.08. The molecule has 0 aromatic carbocycles. The molecule has 1 N–H and O–H groups in total. The van der Waals surface area contributed by atoms with Crippen LogP contribution < -0.4 is 15.1 Å². The predicted molar refractivity (Wildman–Crippen MR) is 128 cm³/mol. The maximum absolute atomic E-state index is 4.91. The minimum atomic E-state index is 0.649. The SMILES string of the molecule is CCNC(=NCc1ccc(N2CCCCCC2)nc1)N1CCN(c2ccccn2)CC1. The van der Waals surface area contributed by atoms with Crippen LogP contribution in [-0.4, -0.2) is 66.6 Å². The van der Waals surface area contributed by atoms with Crippen molar-refractivity contribution < 1.29 is 0 Å². The fourth-order valence-electron chi connectivity index (χ4n) is 4.28. The molecule has 4 rings (SSSR count). The van der Waals surface area contributed by atoms with E-state index < -0.39 is 0 Å². The summed E-state index contributed by atoms with van der Waals surface area (Å²) in [6.45, 7) is 9.67. The number of piperazine rings is 1. The second-order valence-corrected chi connectivity index (χ2v) is 8.26. The van der Waals surface area contributed by atoms with Crippen LogP contribution in [0.3, 0.4) is 0 Å². The van der Waals surface area contributed by atoms with E-state index in [0.29, 0.717) is 6.54 Å². The molecule has 0 amide bonds. The molecule has 2 aliphatic heterocycles. The van der Waals surface area contributed by atoms with E-state index in [-0.39, 0.29) is 0 Å². The number of aliphatic imine (C=N–C) groups is 1. The first-order chi connectivity index (χ1) is 15.3. The van der Waals surface area contributed by atoms with Gasteiger partial charge in [0.05, 0.1) is 6.54 Å². The van der Waals surface area contributed by atoms with E-state index in [2.05, 4.69) is 50.1 Å². The molecule has 2 aliphatic rings. The largest absolute Gasteiger partial charge is 0.357 e. The van der Waals surface area contributed by atoms with Crippen LogP contribution in [0.25, 0.3) is 0 Å². The molecule has 7 heteroatoms. The molecule has 31 heavy (non-hydrogen) atoms. The first-order valence-electron chi connectivity index (χ1n) is 11.7. The van der Waals surface area contributed by atoms with Crippen molar-refractivity contribution in [3.8, 4) is 0 Å². The van der Waals surface area contributed by atoms with Crippen molar-refractivity contribution in [3.05, 3.63) is 48.3 Å². The summed E-state index contributed by atoms with van der Waals surface area (Å²) in [5.74, 6) is 3.15. The van der Waals surface area contributed by atoms with Crippen LogP contribution in [-0.2, 0) is 6.54 Å². The number of rotatable bonds is 5. The number of pyridine rings is 2. The zero-order valence-electron chi connectivity index (χ0n) is 18.7. The van der Waals surface area contributed by atoms with E-state index in [1.54, 1.807) is 0 Å². The topological polar surface area (TPSA) is 59.9 Å². The van der Waals surface area contributed by atoms with Gasteiger partial charge in [-0.2, -0.15) is 0 Å². The zero-order chi connectivity index (χ0) is 21.3. The number of nitrogens with one attached hydrogen (secondary N) is 1. The lowest BCUT2D eigenvalue weighted by molar-refractivity contribution is 0.371. The molecule has 2 aromatic heterocycles. The molecule has 0 bridgehead atoms. The Balaban J connectivity index is 1.34. The Hall–Kier alpha value is -2.83. The number of hydrogen-bond donors (Lipinski definition) is 1. The Kier molecular flexibility index (Phi) is 7.58. The van der Waals surface area contributed by atoms with Crippen molar-refractivity contribution in [3.63, 3.8) is 0 Å². The summed E-state index contributed by atoms with van der Waals surface area (Å²) in [4.78, 5) is 21.2. The summed E-state index contributed by atoms with van der Waals surface area (Å²) in [5.41, 5.74) is 1.15. The third-order valence-electron chi connectivity index (χ3n) is 6.04. The predicted octanol–water partition coefficient (Wildman–Crippen LogP) is 3.14. The fraction of sp³-hybridized carbons (Fsp3) is 0.542. The molecule has 2 fully saturated rings. The van der Waals surface area contributed by atoms with Crippen LogP contribution in [0.5, 0.6) is 0 Å². The first kappa shape index (κ1) is 21.4. The van der Waals surface area contributed by atoms with Gasteiger partial charge in [-0.05, 0) is 43.5 Å². The monoisotopic (exact) mass is 421 g/mol. The molecule has 0 unspecified atom stereocenters. The van der Waals surface area contributed by atoms with E-state index in [1.165, 1.54) is 25.7 Å². The van der Waals surface area contributed by atoms with E-state index in [9.17, 15) is 0 Å². The van der Waals surface area contributed by atoms with Gasteiger partial charge in [0.25, 0.3) is 0 Å². The molecule has 7 nitrogen and oxygen atoms in total. The van der Waals surface area contributed by atoms with E-state index in [0.717, 1.165) is 69.0 Å². The summed E-state index contributed by atoms with van der Waals surface area (Å²) < 4.78 is 0. The van der Waals surface area contributed by atoms with Crippen LogP contribution in [0.4, 0.5) is 11.6 Å². The van der Waals surface area contributed by atoms with Crippen molar-refractivity contribution in [2.24, 2.45) is 4.99 Å². The Labute approximate surface area is 186 Å². The van der Waals surface area contributed by atoms with E-state index in [1.807, 2.05) is 24.5 Å². The number of guanidine groups is 1. The summed E-state index contributed by atoms with van der Waals surface area (Å²) >= 11 is 0. The van der Waals surface area contributed by atoms with E-state index in [4.69, 9.17) is 9.98 Å². The van der Waals surface area contributed by atoms with Gasteiger partial charge >= 0.3 is 0 Å². The minimum Gasteiger partial charge on any atom is -0.357 e. The molecule has 166 valence electrons. The molecule has 0 saturated carbocycles. The first-order valence-corrected chi connectivity index (χ1v) is 11.7. The van der Waals surface area contributed by atoms with Crippen LogP contribution in [0.2, 0.25) is 0 Å². The lowest BCUT2D eigenvalue weighted by Gasteiger charge is -2.37. The molecular formula is C24H35N7. The smallest absolute Gasteiger partial charge is 0.194 e. The highest BCUT2D eigenvalue weighted by molar-refractivity contribution is 5.80. The molecule has 0 aliphatic carbocycles. The zero-order valence-corrected chi connectivity index (χ0v) is 18.7. The van der Waals surface area contributed by atoms with Crippen LogP contribution in [0.15, 0.2) is 47.7 Å². The van der Waals surface area contributed by atoms with Crippen LogP contribution in [0.1, 0.15) is 38.2 Å². The van der Waals surface area contributed by atoms with Crippen LogP contribution in [0, 0.1) is 0 Å². The van der Waals surface area contributed by atoms with Crippen molar-refractivity contribution in [1.82, 2.24) is 20.2 Å². The summed E-state index contributed by atoms with van der Waals surface area (Å²) in [5, 5.41) is 3.46. The molecule has 0 atom stereocenters. The maximum atomic E-state index is 4.91. The maximum Gasteiger partial charge on any atom is 0.194 e. The number of hydrogen-bond acceptors (Lipinski definition) is 5. The Morgan fingerprint density at radius 2 is 1.61 bits per heavy atom. The highest BCUT2D eigenvalue weighted by atomic mass is 15.4. The van der Waals surface area contributed by atoms with Gasteiger partial charge in [0.15, 0.2) is 5.96 Å². The molecule has 0 radical (unpaired) electrons. The van der Waals surface area contributed by atoms with Crippen molar-refractivity contribution in [2.45, 2.75) is 39.2 Å². The van der Waals surface area contributed by atoms with Crippen molar-refractivity contribution in [1.29, 1.82) is 0 Å². The minimum absolute atomic E-state index is 0.649. The summed E-state index contributed by atoms with van der Waals surface area (Å²) in [7, 11) is 0. The van der Waals surface area contributed by atoms with Crippen molar-refractivity contribution in [2.75, 3.05) is 55.6 Å². The second kappa shape index (κ2) is 11.0. The lowest BCUT2D eigenvalue weighted by Crippen LogP contribution is -2.52. The van der Waals surface area contributed by atoms with Crippen molar-refractivity contribution >= 4 is 17.6 Å². The Morgan fingerprint density at radius 3 is 2.26 bits per heavy atom. The van der Waals surface area contributed by atoms with Gasteiger partial charge in [0.2, 0.25) is 0 Å². The molecule has 4 heterocycles. The Bertz CT molecular complexity index is 806. The van der Waals surface area contributed by atoms with Gasteiger partial charge in [-0.1, -0.05) is 25.0 Å². The molecule has 2 aromatic rings. The number of nitrogens with zero attached hydrogens (tertiary/aromatic N) is 6. The van der Waals surface area contributed by atoms with Gasteiger partial charge in [-0.3, -0.25) is 0 Å².